The maximum atomic E-state index is 13.6. The molecule has 0 radical (unpaired) electrons. The highest BCUT2D eigenvalue weighted by Gasteiger charge is 2.44. The number of anilines is 1. The average molecular weight is 475 g/mol. The van der Waals surface area contributed by atoms with Crippen molar-refractivity contribution in [3.8, 4) is 11.5 Å². The molecule has 5 rings (SSSR count). The molecule has 0 bridgehead atoms. The molecule has 3 aromatic rings. The largest absolute Gasteiger partial charge is 0.493 e. The Hall–Kier alpha value is -3.29. The third kappa shape index (κ3) is 4.17. The SMILES string of the molecule is COc1cc2c(cc1OC)CN(C1CC(=O)N(c3ccccc3Sc3ccccc3)C1=O)CC2. The van der Waals surface area contributed by atoms with Gasteiger partial charge in [-0.3, -0.25) is 14.5 Å². The summed E-state index contributed by atoms with van der Waals surface area (Å²) in [6, 6.07) is 21.1. The monoisotopic (exact) mass is 474 g/mol. The number of para-hydroxylation sites is 1. The summed E-state index contributed by atoms with van der Waals surface area (Å²) in [4.78, 5) is 32.1. The Bertz CT molecular complexity index is 1230. The second-order valence-electron chi connectivity index (χ2n) is 8.37. The number of ether oxygens (including phenoxy) is 2. The molecule has 0 N–H and O–H groups in total. The van der Waals surface area contributed by atoms with Crippen LogP contribution in [0.15, 0.2) is 76.5 Å². The second kappa shape index (κ2) is 9.52. The number of carbonyl (C=O) groups excluding carboxylic acids is 2. The molecule has 2 amide bonds. The van der Waals surface area contributed by atoms with Crippen LogP contribution in [0.4, 0.5) is 5.69 Å². The van der Waals surface area contributed by atoms with Crippen molar-refractivity contribution >= 4 is 29.3 Å². The standard InChI is InChI=1S/C27H26N2O4S/c1-32-23-14-18-12-13-28(17-19(18)15-24(23)33-2)22-16-26(30)29(27(22)31)21-10-6-7-11-25(21)34-20-8-4-3-5-9-20/h3-11,14-15,22H,12-13,16-17H2,1-2H3. The first kappa shape index (κ1) is 22.5. The van der Waals surface area contributed by atoms with Crippen molar-refractivity contribution < 1.29 is 19.1 Å². The van der Waals surface area contributed by atoms with E-state index in [0.29, 0.717) is 30.3 Å². The molecular weight excluding hydrogens is 448 g/mol. The highest BCUT2D eigenvalue weighted by Crippen LogP contribution is 2.39. The number of hydrogen-bond acceptors (Lipinski definition) is 6. The van der Waals surface area contributed by atoms with Crippen LogP contribution in [0.5, 0.6) is 11.5 Å². The molecule has 7 heteroatoms. The van der Waals surface area contributed by atoms with E-state index in [1.54, 1.807) is 26.0 Å². The molecule has 0 aromatic heterocycles. The predicted octanol–water partition coefficient (Wildman–Crippen LogP) is 4.55. The van der Waals surface area contributed by atoms with Crippen LogP contribution in [0.25, 0.3) is 0 Å². The number of fused-ring (bicyclic) bond motifs is 1. The summed E-state index contributed by atoms with van der Waals surface area (Å²) < 4.78 is 10.9. The van der Waals surface area contributed by atoms with Crippen molar-refractivity contribution in [1.29, 1.82) is 0 Å². The first-order chi connectivity index (χ1) is 16.6. The molecule has 2 aliphatic heterocycles. The van der Waals surface area contributed by atoms with Crippen molar-refractivity contribution in [1.82, 2.24) is 4.90 Å². The van der Waals surface area contributed by atoms with Gasteiger partial charge in [0.2, 0.25) is 5.91 Å². The molecule has 1 unspecified atom stereocenters. The molecule has 0 aliphatic carbocycles. The Kier molecular flexibility index (Phi) is 6.30. The molecule has 174 valence electrons. The molecule has 1 atom stereocenters. The normalized spacial score (nSPS) is 18.2. The molecule has 0 saturated carbocycles. The van der Waals surface area contributed by atoms with E-state index in [-0.39, 0.29) is 18.2 Å². The van der Waals surface area contributed by atoms with E-state index in [1.165, 1.54) is 10.5 Å². The van der Waals surface area contributed by atoms with Gasteiger partial charge in [-0.25, -0.2) is 4.90 Å². The zero-order valence-electron chi connectivity index (χ0n) is 19.2. The topological polar surface area (TPSA) is 59.1 Å². The van der Waals surface area contributed by atoms with Gasteiger partial charge in [0.25, 0.3) is 5.91 Å². The fourth-order valence-electron chi connectivity index (χ4n) is 4.67. The van der Waals surface area contributed by atoms with Crippen molar-refractivity contribution in [2.24, 2.45) is 0 Å². The molecule has 3 aromatic carbocycles. The van der Waals surface area contributed by atoms with Gasteiger partial charge in [0.1, 0.15) is 0 Å². The van der Waals surface area contributed by atoms with E-state index in [2.05, 4.69) is 4.90 Å². The highest BCUT2D eigenvalue weighted by atomic mass is 32.2. The van der Waals surface area contributed by atoms with Crippen LogP contribution in [-0.4, -0.2) is 43.5 Å². The summed E-state index contributed by atoms with van der Waals surface area (Å²) in [5.74, 6) is 1.06. The average Bonchev–Trinajstić information content (AvgIpc) is 3.17. The van der Waals surface area contributed by atoms with Gasteiger partial charge in [-0.2, -0.15) is 0 Å². The number of amides is 2. The van der Waals surface area contributed by atoms with Crippen LogP contribution >= 0.6 is 11.8 Å². The Morgan fingerprint density at radius 3 is 2.29 bits per heavy atom. The van der Waals surface area contributed by atoms with Crippen LogP contribution in [-0.2, 0) is 22.6 Å². The molecule has 0 spiro atoms. The molecule has 2 aliphatic rings. The van der Waals surface area contributed by atoms with Crippen LogP contribution < -0.4 is 14.4 Å². The minimum atomic E-state index is -0.469. The van der Waals surface area contributed by atoms with Gasteiger partial charge in [0, 0.05) is 22.9 Å². The molecule has 1 fully saturated rings. The van der Waals surface area contributed by atoms with Crippen molar-refractivity contribution in [3.63, 3.8) is 0 Å². The maximum Gasteiger partial charge on any atom is 0.251 e. The van der Waals surface area contributed by atoms with Crippen molar-refractivity contribution in [2.75, 3.05) is 25.7 Å². The van der Waals surface area contributed by atoms with Gasteiger partial charge in [-0.05, 0) is 53.9 Å². The number of methoxy groups -OCH3 is 2. The lowest BCUT2D eigenvalue weighted by molar-refractivity contribution is -0.123. The molecule has 6 nitrogen and oxygen atoms in total. The molecule has 1 saturated heterocycles. The number of carbonyl (C=O) groups is 2. The number of rotatable bonds is 6. The van der Waals surface area contributed by atoms with Gasteiger partial charge in [0.15, 0.2) is 11.5 Å². The summed E-state index contributed by atoms with van der Waals surface area (Å²) >= 11 is 1.55. The highest BCUT2D eigenvalue weighted by molar-refractivity contribution is 7.99. The van der Waals surface area contributed by atoms with E-state index in [9.17, 15) is 9.59 Å². The van der Waals surface area contributed by atoms with Gasteiger partial charge in [-0.1, -0.05) is 42.1 Å². The number of nitrogens with zero attached hydrogens (tertiary/aromatic N) is 2. The van der Waals surface area contributed by atoms with Gasteiger partial charge < -0.3 is 9.47 Å². The van der Waals surface area contributed by atoms with Gasteiger partial charge >= 0.3 is 0 Å². The second-order valence-corrected chi connectivity index (χ2v) is 9.48. The quantitative estimate of drug-likeness (QED) is 0.489. The Morgan fingerprint density at radius 2 is 1.56 bits per heavy atom. The van der Waals surface area contributed by atoms with E-state index in [1.807, 2.05) is 66.7 Å². The maximum absolute atomic E-state index is 13.6. The lowest BCUT2D eigenvalue weighted by atomic mass is 9.97. The van der Waals surface area contributed by atoms with Crippen LogP contribution in [0.3, 0.4) is 0 Å². The minimum absolute atomic E-state index is 0.157. The summed E-state index contributed by atoms with van der Waals surface area (Å²) in [6.07, 6.45) is 0.972. The van der Waals surface area contributed by atoms with Gasteiger partial charge in [0.05, 0.1) is 32.4 Å². The van der Waals surface area contributed by atoms with Crippen LogP contribution in [0, 0.1) is 0 Å². The van der Waals surface area contributed by atoms with Crippen LogP contribution in [0.1, 0.15) is 17.5 Å². The van der Waals surface area contributed by atoms with E-state index >= 15 is 0 Å². The van der Waals surface area contributed by atoms with Gasteiger partial charge in [-0.15, -0.1) is 0 Å². The minimum Gasteiger partial charge on any atom is -0.493 e. The molecule has 34 heavy (non-hydrogen) atoms. The fourth-order valence-corrected chi connectivity index (χ4v) is 5.63. The lowest BCUT2D eigenvalue weighted by Crippen LogP contribution is -2.44. The van der Waals surface area contributed by atoms with E-state index < -0.39 is 6.04 Å². The summed E-state index contributed by atoms with van der Waals surface area (Å²) in [7, 11) is 3.25. The summed E-state index contributed by atoms with van der Waals surface area (Å²) in [5.41, 5.74) is 2.94. The fraction of sp³-hybridized carbons (Fsp3) is 0.259. The Balaban J connectivity index is 1.39. The predicted molar refractivity (Wildman–Crippen MR) is 132 cm³/mol. The molecular formula is C27H26N2O4S. The van der Waals surface area contributed by atoms with E-state index in [4.69, 9.17) is 9.47 Å². The zero-order chi connectivity index (χ0) is 23.7. The Morgan fingerprint density at radius 1 is 0.882 bits per heavy atom. The first-order valence-corrected chi connectivity index (χ1v) is 12.1. The van der Waals surface area contributed by atoms with Crippen molar-refractivity contribution in [2.45, 2.75) is 35.2 Å². The third-order valence-corrected chi connectivity index (χ3v) is 7.46. The van der Waals surface area contributed by atoms with Crippen LogP contribution in [0.2, 0.25) is 0 Å². The smallest absolute Gasteiger partial charge is 0.251 e. The zero-order valence-corrected chi connectivity index (χ0v) is 20.0. The summed E-state index contributed by atoms with van der Waals surface area (Å²) in [6.45, 7) is 1.30. The number of hydrogen-bond donors (Lipinski definition) is 0. The van der Waals surface area contributed by atoms with Crippen molar-refractivity contribution in [3.05, 3.63) is 77.9 Å². The van der Waals surface area contributed by atoms with E-state index in [0.717, 1.165) is 21.8 Å². The number of imide groups is 1. The lowest BCUT2D eigenvalue weighted by Gasteiger charge is -2.32. The number of benzene rings is 3. The summed E-state index contributed by atoms with van der Waals surface area (Å²) in [5, 5.41) is 0. The molecule has 2 heterocycles. The first-order valence-electron chi connectivity index (χ1n) is 11.3. The third-order valence-electron chi connectivity index (χ3n) is 6.39. The Labute approximate surface area is 203 Å².